The zero-order chi connectivity index (χ0) is 17.3. The SMILES string of the molecule is CC1NNC(C(=O)Nc2ccc(-n3cncn3)c(Cl)c2)C1[N+](=O)[O-]. The summed E-state index contributed by atoms with van der Waals surface area (Å²) in [6, 6.07) is 2.34. The molecule has 1 fully saturated rings. The number of hydrogen-bond acceptors (Lipinski definition) is 7. The summed E-state index contributed by atoms with van der Waals surface area (Å²) >= 11 is 6.19. The lowest BCUT2D eigenvalue weighted by Crippen LogP contribution is -2.47. The molecule has 2 heterocycles. The molecule has 1 aliphatic rings. The number of benzene rings is 1. The van der Waals surface area contributed by atoms with Crippen LogP contribution in [0.5, 0.6) is 0 Å². The maximum Gasteiger partial charge on any atom is 0.254 e. The number of carbonyl (C=O) groups is 1. The molecule has 1 amide bonds. The number of nitro groups is 1. The van der Waals surface area contributed by atoms with Gasteiger partial charge in [0.25, 0.3) is 6.04 Å². The number of anilines is 1. The van der Waals surface area contributed by atoms with Gasteiger partial charge in [0.15, 0.2) is 6.04 Å². The topological polar surface area (TPSA) is 127 Å². The largest absolute Gasteiger partial charge is 0.324 e. The van der Waals surface area contributed by atoms with E-state index in [1.165, 1.54) is 17.3 Å². The summed E-state index contributed by atoms with van der Waals surface area (Å²) in [6.07, 6.45) is 2.88. The lowest BCUT2D eigenvalue weighted by atomic mass is 10.0. The van der Waals surface area contributed by atoms with E-state index < -0.39 is 29.0 Å². The van der Waals surface area contributed by atoms with Crippen LogP contribution < -0.4 is 16.2 Å². The van der Waals surface area contributed by atoms with Gasteiger partial charge in [-0.15, -0.1) is 0 Å². The molecule has 1 aliphatic heterocycles. The van der Waals surface area contributed by atoms with Gasteiger partial charge in [-0.3, -0.25) is 14.9 Å². The van der Waals surface area contributed by atoms with Crippen LogP contribution in [0, 0.1) is 10.1 Å². The fraction of sp³-hybridized carbons (Fsp3) is 0.308. The summed E-state index contributed by atoms with van der Waals surface area (Å²) in [5, 5.41) is 18.1. The van der Waals surface area contributed by atoms with Crippen molar-refractivity contribution in [1.82, 2.24) is 25.6 Å². The van der Waals surface area contributed by atoms with Gasteiger partial charge in [-0.25, -0.2) is 20.5 Å². The molecule has 1 saturated heterocycles. The second-order valence-electron chi connectivity index (χ2n) is 5.33. The van der Waals surface area contributed by atoms with Gasteiger partial charge in [0.2, 0.25) is 5.91 Å². The molecule has 126 valence electrons. The Morgan fingerprint density at radius 1 is 1.46 bits per heavy atom. The zero-order valence-corrected chi connectivity index (χ0v) is 13.3. The number of carbonyl (C=O) groups excluding carboxylic acids is 1. The van der Waals surface area contributed by atoms with E-state index >= 15 is 0 Å². The van der Waals surface area contributed by atoms with Crippen molar-refractivity contribution in [2.75, 3.05) is 5.32 Å². The third-order valence-corrected chi connectivity index (χ3v) is 4.03. The Balaban J connectivity index is 1.75. The Labute approximate surface area is 141 Å². The van der Waals surface area contributed by atoms with Gasteiger partial charge in [0, 0.05) is 10.6 Å². The number of nitrogens with one attached hydrogen (secondary N) is 3. The van der Waals surface area contributed by atoms with Crippen LogP contribution >= 0.6 is 11.6 Å². The fourth-order valence-electron chi connectivity index (χ4n) is 2.53. The molecule has 10 nitrogen and oxygen atoms in total. The van der Waals surface area contributed by atoms with Gasteiger partial charge < -0.3 is 5.32 Å². The van der Waals surface area contributed by atoms with Crippen molar-refractivity contribution in [1.29, 1.82) is 0 Å². The average Bonchev–Trinajstić information content (AvgIpc) is 3.16. The number of hydrogen-bond donors (Lipinski definition) is 3. The smallest absolute Gasteiger partial charge is 0.254 e. The Kier molecular flexibility index (Phi) is 4.42. The van der Waals surface area contributed by atoms with Crippen LogP contribution in [0.15, 0.2) is 30.9 Å². The van der Waals surface area contributed by atoms with Crippen molar-refractivity contribution in [2.24, 2.45) is 0 Å². The number of aromatic nitrogens is 3. The molecule has 0 spiro atoms. The summed E-state index contributed by atoms with van der Waals surface area (Å²) in [5.74, 6) is -0.516. The molecule has 2 aromatic rings. The van der Waals surface area contributed by atoms with Gasteiger partial charge in [0.1, 0.15) is 12.7 Å². The fourth-order valence-corrected chi connectivity index (χ4v) is 2.80. The van der Waals surface area contributed by atoms with Crippen molar-refractivity contribution >= 4 is 23.2 Å². The molecule has 0 aliphatic carbocycles. The second-order valence-corrected chi connectivity index (χ2v) is 5.73. The van der Waals surface area contributed by atoms with Gasteiger partial charge in [-0.05, 0) is 25.1 Å². The van der Waals surface area contributed by atoms with Gasteiger partial charge in [-0.2, -0.15) is 5.10 Å². The molecule has 3 N–H and O–H groups in total. The molecule has 1 aromatic heterocycles. The predicted octanol–water partition coefficient (Wildman–Crippen LogP) is 0.369. The minimum Gasteiger partial charge on any atom is -0.324 e. The van der Waals surface area contributed by atoms with Crippen molar-refractivity contribution < 1.29 is 9.72 Å². The van der Waals surface area contributed by atoms with E-state index in [2.05, 4.69) is 26.3 Å². The highest BCUT2D eigenvalue weighted by molar-refractivity contribution is 6.32. The van der Waals surface area contributed by atoms with E-state index in [0.717, 1.165) is 0 Å². The summed E-state index contributed by atoms with van der Waals surface area (Å²) in [4.78, 5) is 26.8. The molecule has 1 aromatic carbocycles. The minimum atomic E-state index is -1.06. The quantitative estimate of drug-likeness (QED) is 0.536. The molecule has 3 atom stereocenters. The van der Waals surface area contributed by atoms with Crippen LogP contribution in [0.4, 0.5) is 5.69 Å². The second kappa shape index (κ2) is 6.51. The van der Waals surface area contributed by atoms with Crippen LogP contribution in [0.2, 0.25) is 5.02 Å². The molecule has 3 unspecified atom stereocenters. The number of hydrazine groups is 1. The highest BCUT2D eigenvalue weighted by Gasteiger charge is 2.46. The highest BCUT2D eigenvalue weighted by Crippen LogP contribution is 2.24. The Bertz CT molecular complexity index is 767. The number of nitrogens with zero attached hydrogens (tertiary/aromatic N) is 4. The molecule has 0 bridgehead atoms. The predicted molar refractivity (Wildman–Crippen MR) is 85.3 cm³/mol. The van der Waals surface area contributed by atoms with Crippen LogP contribution in [0.1, 0.15) is 6.92 Å². The molecule has 11 heteroatoms. The monoisotopic (exact) mass is 351 g/mol. The van der Waals surface area contributed by atoms with Gasteiger partial charge >= 0.3 is 0 Å². The van der Waals surface area contributed by atoms with Gasteiger partial charge in [-0.1, -0.05) is 11.6 Å². The third kappa shape index (κ3) is 3.07. The molecule has 24 heavy (non-hydrogen) atoms. The van der Waals surface area contributed by atoms with E-state index in [4.69, 9.17) is 11.6 Å². The van der Waals surface area contributed by atoms with Crippen LogP contribution in [0.25, 0.3) is 5.69 Å². The minimum absolute atomic E-state index is 0.356. The summed E-state index contributed by atoms with van der Waals surface area (Å²) in [5.41, 5.74) is 6.39. The van der Waals surface area contributed by atoms with E-state index in [0.29, 0.717) is 16.4 Å². The van der Waals surface area contributed by atoms with Crippen molar-refractivity contribution in [3.8, 4) is 5.69 Å². The van der Waals surface area contributed by atoms with E-state index in [-0.39, 0.29) is 0 Å². The Morgan fingerprint density at radius 3 is 2.88 bits per heavy atom. The lowest BCUT2D eigenvalue weighted by Gasteiger charge is -2.14. The maximum absolute atomic E-state index is 12.3. The lowest BCUT2D eigenvalue weighted by molar-refractivity contribution is -0.522. The summed E-state index contributed by atoms with van der Waals surface area (Å²) < 4.78 is 1.49. The molecule has 0 saturated carbocycles. The average molecular weight is 352 g/mol. The first kappa shape index (κ1) is 16.3. The number of amides is 1. The molecule has 3 rings (SSSR count). The highest BCUT2D eigenvalue weighted by atomic mass is 35.5. The van der Waals surface area contributed by atoms with Crippen LogP contribution in [-0.2, 0) is 4.79 Å². The number of rotatable bonds is 4. The number of halogens is 1. The Morgan fingerprint density at radius 2 is 2.25 bits per heavy atom. The first-order valence-electron chi connectivity index (χ1n) is 7.07. The standard InChI is InChI=1S/C13H14ClN7O3/c1-7-12(21(23)24)11(19-18-7)13(22)17-8-2-3-10(9(14)4-8)20-6-15-5-16-20/h2-7,11-12,18-19H,1H3,(H,17,22). The summed E-state index contributed by atoms with van der Waals surface area (Å²) in [7, 11) is 0. The van der Waals surface area contributed by atoms with Crippen molar-refractivity contribution in [3.05, 3.63) is 46.0 Å². The normalized spacial score (nSPS) is 23.2. The molecular weight excluding hydrogens is 338 g/mol. The summed E-state index contributed by atoms with van der Waals surface area (Å²) in [6.45, 7) is 1.64. The molecular formula is C13H14ClN7O3. The van der Waals surface area contributed by atoms with Crippen molar-refractivity contribution in [3.63, 3.8) is 0 Å². The first-order chi connectivity index (χ1) is 11.5. The van der Waals surface area contributed by atoms with Crippen LogP contribution in [0.3, 0.4) is 0 Å². The van der Waals surface area contributed by atoms with E-state index in [1.54, 1.807) is 25.1 Å². The Hall–Kier alpha value is -2.56. The van der Waals surface area contributed by atoms with Crippen molar-refractivity contribution in [2.45, 2.75) is 25.0 Å². The van der Waals surface area contributed by atoms with Gasteiger partial charge in [0.05, 0.1) is 16.8 Å². The van der Waals surface area contributed by atoms with E-state index in [9.17, 15) is 14.9 Å². The maximum atomic E-state index is 12.3. The third-order valence-electron chi connectivity index (χ3n) is 3.73. The van der Waals surface area contributed by atoms with Crippen LogP contribution in [-0.4, -0.2) is 43.7 Å². The van der Waals surface area contributed by atoms with E-state index in [1.807, 2.05) is 0 Å². The zero-order valence-electron chi connectivity index (χ0n) is 12.5. The first-order valence-corrected chi connectivity index (χ1v) is 7.45. The molecule has 0 radical (unpaired) electrons.